The van der Waals surface area contributed by atoms with Crippen LogP contribution in [0.1, 0.15) is 52.8 Å². The Labute approximate surface area is 184 Å². The summed E-state index contributed by atoms with van der Waals surface area (Å²) in [5.41, 5.74) is -0.460. The predicted molar refractivity (Wildman–Crippen MR) is 108 cm³/mol. The Balaban J connectivity index is 1.37. The van der Waals surface area contributed by atoms with Gasteiger partial charge in [-0.1, -0.05) is 12.5 Å². The Morgan fingerprint density at radius 1 is 1.06 bits per heavy atom. The van der Waals surface area contributed by atoms with Gasteiger partial charge in [0.15, 0.2) is 0 Å². The summed E-state index contributed by atoms with van der Waals surface area (Å²) < 4.78 is 19.3. The van der Waals surface area contributed by atoms with Crippen LogP contribution in [0.4, 0.5) is 4.39 Å². The average molecular weight is 445 g/mol. The number of fused-ring (bicyclic) bond motifs is 1. The summed E-state index contributed by atoms with van der Waals surface area (Å²) in [6, 6.07) is 2.52. The first kappa shape index (κ1) is 22.1. The molecule has 3 heterocycles. The van der Waals surface area contributed by atoms with Crippen molar-refractivity contribution in [2.75, 3.05) is 32.8 Å². The molecule has 0 aromatic heterocycles. The first-order valence-corrected chi connectivity index (χ1v) is 10.8. The van der Waals surface area contributed by atoms with Crippen LogP contribution in [0.15, 0.2) is 18.2 Å². The number of halogens is 1. The Kier molecular flexibility index (Phi) is 6.31. The maximum Gasteiger partial charge on any atom is 0.320 e. The highest BCUT2D eigenvalue weighted by Crippen LogP contribution is 2.30. The molecule has 170 valence electrons. The van der Waals surface area contributed by atoms with E-state index in [2.05, 4.69) is 0 Å². The number of carbonyl (C=O) groups is 5. The molecule has 10 heteroatoms. The molecular formula is C22H24FN3O6. The number of piperidine rings is 2. The van der Waals surface area contributed by atoms with Crippen LogP contribution in [-0.2, 0) is 19.1 Å². The van der Waals surface area contributed by atoms with Crippen molar-refractivity contribution in [3.8, 4) is 0 Å². The van der Waals surface area contributed by atoms with Gasteiger partial charge >= 0.3 is 5.97 Å². The smallest absolute Gasteiger partial charge is 0.320 e. The van der Waals surface area contributed by atoms with Crippen LogP contribution in [0.5, 0.6) is 0 Å². The molecule has 0 saturated carbocycles. The first-order valence-electron chi connectivity index (χ1n) is 10.8. The lowest BCUT2D eigenvalue weighted by Gasteiger charge is -2.34. The molecule has 1 aromatic rings. The quantitative estimate of drug-likeness (QED) is 0.475. The number of carbonyl (C=O) groups excluding carboxylic acids is 5. The van der Waals surface area contributed by atoms with E-state index in [1.807, 2.05) is 4.90 Å². The van der Waals surface area contributed by atoms with Gasteiger partial charge in [-0.25, -0.2) is 4.39 Å². The van der Waals surface area contributed by atoms with Gasteiger partial charge in [0.1, 0.15) is 18.5 Å². The van der Waals surface area contributed by atoms with Crippen molar-refractivity contribution in [3.63, 3.8) is 0 Å². The van der Waals surface area contributed by atoms with E-state index < -0.39 is 41.5 Å². The number of imide groups is 2. The van der Waals surface area contributed by atoms with E-state index in [4.69, 9.17) is 4.74 Å². The highest BCUT2D eigenvalue weighted by Gasteiger charge is 2.47. The topological polar surface area (TPSA) is 104 Å². The van der Waals surface area contributed by atoms with Crippen LogP contribution in [0.2, 0.25) is 0 Å². The van der Waals surface area contributed by atoms with Gasteiger partial charge in [-0.2, -0.15) is 0 Å². The maximum absolute atomic E-state index is 14.1. The summed E-state index contributed by atoms with van der Waals surface area (Å²) in [5.74, 6) is -4.12. The molecule has 1 atom stereocenters. The summed E-state index contributed by atoms with van der Waals surface area (Å²) >= 11 is 0. The summed E-state index contributed by atoms with van der Waals surface area (Å²) in [7, 11) is 0. The molecule has 0 radical (unpaired) electrons. The van der Waals surface area contributed by atoms with Crippen molar-refractivity contribution in [1.82, 2.24) is 14.7 Å². The molecule has 32 heavy (non-hydrogen) atoms. The molecule has 0 bridgehead atoms. The van der Waals surface area contributed by atoms with Crippen LogP contribution in [0.25, 0.3) is 0 Å². The Morgan fingerprint density at radius 2 is 1.81 bits per heavy atom. The number of hydrogen-bond acceptors (Lipinski definition) is 7. The molecule has 2 fully saturated rings. The van der Waals surface area contributed by atoms with Gasteiger partial charge in [-0.05, 0) is 44.5 Å². The van der Waals surface area contributed by atoms with Gasteiger partial charge in [-0.15, -0.1) is 0 Å². The lowest BCUT2D eigenvalue weighted by atomic mass is 10.0. The molecule has 3 aliphatic rings. The highest BCUT2D eigenvalue weighted by atomic mass is 19.1. The molecule has 1 aromatic carbocycles. The molecule has 0 N–H and O–H groups in total. The Bertz CT molecular complexity index is 974. The van der Waals surface area contributed by atoms with E-state index in [-0.39, 0.29) is 43.7 Å². The summed E-state index contributed by atoms with van der Waals surface area (Å²) in [5, 5.41) is 0. The second kappa shape index (κ2) is 9.15. The van der Waals surface area contributed by atoms with E-state index in [0.29, 0.717) is 0 Å². The van der Waals surface area contributed by atoms with Crippen molar-refractivity contribution < 1.29 is 33.1 Å². The van der Waals surface area contributed by atoms with Gasteiger partial charge in [0.25, 0.3) is 17.7 Å². The van der Waals surface area contributed by atoms with Crippen molar-refractivity contribution in [3.05, 3.63) is 35.1 Å². The SMILES string of the molecule is O=C(CN1CCCCC1)OCCN1C(=O)CCC(N2C(=O)c3cccc(F)c3C2=O)C1=O. The number of hydrogen-bond donors (Lipinski definition) is 0. The zero-order valence-corrected chi connectivity index (χ0v) is 17.5. The normalized spacial score (nSPS) is 21.8. The van der Waals surface area contributed by atoms with Crippen molar-refractivity contribution in [1.29, 1.82) is 0 Å². The van der Waals surface area contributed by atoms with E-state index in [0.717, 1.165) is 48.2 Å². The third-order valence-electron chi connectivity index (χ3n) is 6.07. The van der Waals surface area contributed by atoms with Gasteiger partial charge in [-0.3, -0.25) is 38.7 Å². The van der Waals surface area contributed by atoms with Crippen molar-refractivity contribution in [2.45, 2.75) is 38.1 Å². The second-order valence-electron chi connectivity index (χ2n) is 8.14. The Morgan fingerprint density at radius 3 is 2.53 bits per heavy atom. The number of likely N-dealkylation sites (tertiary alicyclic amines) is 2. The van der Waals surface area contributed by atoms with Crippen LogP contribution in [0.3, 0.4) is 0 Å². The van der Waals surface area contributed by atoms with Gasteiger partial charge in [0.05, 0.1) is 24.2 Å². The van der Waals surface area contributed by atoms with Crippen LogP contribution >= 0.6 is 0 Å². The standard InChI is InChI=1S/C22H24FN3O6/c23-15-6-4-5-14-19(15)22(31)26(20(14)29)16-7-8-17(27)25(21(16)30)11-12-32-18(28)13-24-9-2-1-3-10-24/h4-6,16H,1-3,7-13H2. The molecule has 1 unspecified atom stereocenters. The molecule has 0 aliphatic carbocycles. The van der Waals surface area contributed by atoms with Gasteiger partial charge in [0, 0.05) is 6.42 Å². The number of rotatable bonds is 6. The van der Waals surface area contributed by atoms with Crippen LogP contribution in [-0.4, -0.2) is 83.1 Å². The third-order valence-corrected chi connectivity index (χ3v) is 6.07. The van der Waals surface area contributed by atoms with E-state index in [1.165, 1.54) is 12.1 Å². The second-order valence-corrected chi connectivity index (χ2v) is 8.14. The zero-order chi connectivity index (χ0) is 22.8. The summed E-state index contributed by atoms with van der Waals surface area (Å²) in [6.07, 6.45) is 3.12. The minimum Gasteiger partial charge on any atom is -0.463 e. The number of amides is 4. The lowest BCUT2D eigenvalue weighted by Crippen LogP contribution is -2.56. The maximum atomic E-state index is 14.1. The summed E-state index contributed by atoms with van der Waals surface area (Å²) in [6.45, 7) is 1.48. The fourth-order valence-electron chi connectivity index (χ4n) is 4.44. The minimum atomic E-state index is -1.21. The van der Waals surface area contributed by atoms with Crippen molar-refractivity contribution >= 4 is 29.6 Å². The molecule has 0 spiro atoms. The van der Waals surface area contributed by atoms with E-state index in [9.17, 15) is 28.4 Å². The fourth-order valence-corrected chi connectivity index (χ4v) is 4.44. The van der Waals surface area contributed by atoms with Gasteiger partial charge < -0.3 is 4.74 Å². The third kappa shape index (κ3) is 4.14. The molecule has 3 aliphatic heterocycles. The monoisotopic (exact) mass is 445 g/mol. The minimum absolute atomic E-state index is 0.0317. The number of ether oxygens (including phenoxy) is 1. The summed E-state index contributed by atoms with van der Waals surface area (Å²) in [4.78, 5) is 66.3. The Hall–Kier alpha value is -3.14. The van der Waals surface area contributed by atoms with Crippen LogP contribution < -0.4 is 0 Å². The average Bonchev–Trinajstić information content (AvgIpc) is 3.03. The van der Waals surface area contributed by atoms with Gasteiger partial charge in [0.2, 0.25) is 5.91 Å². The zero-order valence-electron chi connectivity index (χ0n) is 17.5. The van der Waals surface area contributed by atoms with Crippen molar-refractivity contribution in [2.24, 2.45) is 0 Å². The lowest BCUT2D eigenvalue weighted by molar-refractivity contribution is -0.156. The molecule has 9 nitrogen and oxygen atoms in total. The van der Waals surface area contributed by atoms with Crippen LogP contribution in [0, 0.1) is 5.82 Å². The predicted octanol–water partition coefficient (Wildman–Crippen LogP) is 0.968. The van der Waals surface area contributed by atoms with E-state index in [1.54, 1.807) is 0 Å². The highest BCUT2D eigenvalue weighted by molar-refractivity contribution is 6.23. The van der Waals surface area contributed by atoms with E-state index >= 15 is 0 Å². The molecule has 2 saturated heterocycles. The fraction of sp³-hybridized carbons (Fsp3) is 0.500. The molecule has 4 amide bonds. The number of esters is 1. The molecule has 4 rings (SSSR count). The first-order chi connectivity index (χ1) is 15.4. The molecular weight excluding hydrogens is 421 g/mol. The largest absolute Gasteiger partial charge is 0.463 e. The number of nitrogens with zero attached hydrogens (tertiary/aromatic N) is 3. The number of benzene rings is 1.